The van der Waals surface area contributed by atoms with Gasteiger partial charge in [0.15, 0.2) is 5.16 Å². The molecule has 1 aliphatic rings. The van der Waals surface area contributed by atoms with E-state index in [0.717, 1.165) is 6.42 Å². The number of aromatic nitrogens is 2. The predicted molar refractivity (Wildman–Crippen MR) is 105 cm³/mol. The number of anilines is 1. The normalized spacial score (nSPS) is 23.8. The summed E-state index contributed by atoms with van der Waals surface area (Å²) in [7, 11) is 0. The number of rotatable bonds is 10. The fraction of sp³-hybridized carbons (Fsp3) is 0.688. The van der Waals surface area contributed by atoms with E-state index in [2.05, 4.69) is 15.3 Å². The van der Waals surface area contributed by atoms with Crippen LogP contribution in [0.4, 0.5) is 11.5 Å². The highest BCUT2D eigenvalue weighted by atomic mass is 35.5. The summed E-state index contributed by atoms with van der Waals surface area (Å²) in [4.78, 5) is 30.2. The van der Waals surface area contributed by atoms with Gasteiger partial charge in [-0.3, -0.25) is 10.1 Å². The molecular formula is C16H23ClN4O7S. The van der Waals surface area contributed by atoms with Crippen molar-refractivity contribution >= 4 is 40.8 Å². The number of aliphatic hydroxyl groups is 2. The summed E-state index contributed by atoms with van der Waals surface area (Å²) in [6, 6.07) is -0.814. The van der Waals surface area contributed by atoms with Crippen LogP contribution in [-0.2, 0) is 14.3 Å². The number of esters is 1. The summed E-state index contributed by atoms with van der Waals surface area (Å²) in [6.07, 6.45) is -2.54. The molecule has 3 N–H and O–H groups in total. The average molecular weight is 451 g/mol. The molecule has 1 aliphatic carbocycles. The lowest BCUT2D eigenvalue weighted by Crippen LogP contribution is -2.37. The Morgan fingerprint density at radius 3 is 2.72 bits per heavy atom. The first-order chi connectivity index (χ1) is 13.8. The minimum atomic E-state index is -1.30. The largest absolute Gasteiger partial charge is 0.464 e. The second kappa shape index (κ2) is 10.9. The minimum absolute atomic E-state index is 0.0813. The molecule has 0 bridgehead atoms. The molecule has 11 nitrogen and oxygen atoms in total. The number of aliphatic hydroxyl groups excluding tert-OH is 2. The van der Waals surface area contributed by atoms with Crippen LogP contribution in [0, 0.1) is 10.1 Å². The van der Waals surface area contributed by atoms with E-state index in [1.54, 1.807) is 6.92 Å². The summed E-state index contributed by atoms with van der Waals surface area (Å²) in [5, 5.41) is 34.6. The zero-order chi connectivity index (χ0) is 21.6. The van der Waals surface area contributed by atoms with Crippen molar-refractivity contribution in [2.75, 3.05) is 24.3 Å². The van der Waals surface area contributed by atoms with Crippen LogP contribution in [-0.4, -0.2) is 74.4 Å². The maximum Gasteiger partial charge on any atom is 0.348 e. The van der Waals surface area contributed by atoms with Crippen molar-refractivity contribution in [3.8, 4) is 0 Å². The van der Waals surface area contributed by atoms with E-state index in [-0.39, 0.29) is 35.8 Å². The van der Waals surface area contributed by atoms with Gasteiger partial charge >= 0.3 is 11.7 Å². The van der Waals surface area contributed by atoms with Crippen molar-refractivity contribution in [1.29, 1.82) is 0 Å². The van der Waals surface area contributed by atoms with Crippen LogP contribution in [0.5, 0.6) is 0 Å². The third-order valence-electron chi connectivity index (χ3n) is 4.11. The summed E-state index contributed by atoms with van der Waals surface area (Å²) < 4.78 is 10.1. The first kappa shape index (κ1) is 23.5. The Hall–Kier alpha value is -1.73. The highest BCUT2D eigenvalue weighted by molar-refractivity contribution is 7.99. The van der Waals surface area contributed by atoms with Gasteiger partial charge in [-0.1, -0.05) is 30.3 Å². The maximum atomic E-state index is 11.4. The zero-order valence-corrected chi connectivity index (χ0v) is 17.5. The SMILES string of the molecule is CCCSc1nc(Cl)c([N+](=O)[O-])c(N[C@@H]2C[C@H](OCC(=O)OCC)[C@@H](O)[C@H]2O)n1. The number of thioether (sulfide) groups is 1. The monoisotopic (exact) mass is 450 g/mol. The Balaban J connectivity index is 2.16. The molecule has 29 heavy (non-hydrogen) atoms. The Labute approximate surface area is 176 Å². The van der Waals surface area contributed by atoms with Crippen LogP contribution < -0.4 is 5.32 Å². The Morgan fingerprint density at radius 1 is 1.38 bits per heavy atom. The molecule has 4 atom stereocenters. The number of carbonyl (C=O) groups excluding carboxylic acids is 1. The molecule has 1 heterocycles. The molecule has 0 aromatic carbocycles. The third-order valence-corrected chi connectivity index (χ3v) is 5.43. The van der Waals surface area contributed by atoms with E-state index >= 15 is 0 Å². The number of carbonyl (C=O) groups is 1. The maximum absolute atomic E-state index is 11.4. The van der Waals surface area contributed by atoms with Gasteiger partial charge in [0.1, 0.15) is 18.8 Å². The van der Waals surface area contributed by atoms with Crippen LogP contribution in [0.1, 0.15) is 26.7 Å². The lowest BCUT2D eigenvalue weighted by atomic mass is 10.2. The van der Waals surface area contributed by atoms with Gasteiger partial charge in [0.05, 0.1) is 23.7 Å². The fourth-order valence-electron chi connectivity index (χ4n) is 2.78. The van der Waals surface area contributed by atoms with Crippen molar-refractivity contribution in [3.63, 3.8) is 0 Å². The lowest BCUT2D eigenvalue weighted by molar-refractivity contribution is -0.384. The van der Waals surface area contributed by atoms with Crippen LogP contribution in [0.15, 0.2) is 5.16 Å². The van der Waals surface area contributed by atoms with Crippen molar-refractivity contribution in [2.24, 2.45) is 0 Å². The van der Waals surface area contributed by atoms with Crippen LogP contribution in [0.3, 0.4) is 0 Å². The number of nitrogens with one attached hydrogen (secondary N) is 1. The molecule has 0 radical (unpaired) electrons. The topological polar surface area (TPSA) is 157 Å². The number of nitro groups is 1. The Bertz CT molecular complexity index is 741. The van der Waals surface area contributed by atoms with Gasteiger partial charge < -0.3 is 25.0 Å². The van der Waals surface area contributed by atoms with Gasteiger partial charge in [-0.2, -0.15) is 4.98 Å². The van der Waals surface area contributed by atoms with Crippen molar-refractivity contribution < 1.29 is 29.4 Å². The first-order valence-corrected chi connectivity index (χ1v) is 10.4. The molecule has 1 saturated carbocycles. The third kappa shape index (κ3) is 6.12. The molecule has 0 saturated heterocycles. The second-order valence-corrected chi connectivity index (χ2v) is 7.64. The van der Waals surface area contributed by atoms with Gasteiger partial charge in [0, 0.05) is 5.75 Å². The average Bonchev–Trinajstić information content (AvgIpc) is 2.92. The predicted octanol–water partition coefficient (Wildman–Crippen LogP) is 1.39. The van der Waals surface area contributed by atoms with E-state index in [1.165, 1.54) is 11.8 Å². The number of hydrogen-bond acceptors (Lipinski definition) is 11. The molecule has 13 heteroatoms. The summed E-state index contributed by atoms with van der Waals surface area (Å²) in [6.45, 7) is 3.43. The standard InChI is InChI=1S/C16H23ClN4O7S/c1-3-5-29-16-19-14(17)11(21(25)26)15(20-16)18-8-6-9(13(24)12(8)23)28-7-10(22)27-4-2/h8-9,12-13,23-24H,3-7H2,1-2H3,(H,18,19,20)/t8-,9+,12+,13-/m1/s1. The zero-order valence-electron chi connectivity index (χ0n) is 15.9. The van der Waals surface area contributed by atoms with Crippen molar-refractivity contribution in [3.05, 3.63) is 15.3 Å². The van der Waals surface area contributed by atoms with E-state index in [4.69, 9.17) is 21.1 Å². The van der Waals surface area contributed by atoms with Crippen LogP contribution >= 0.6 is 23.4 Å². The second-order valence-electron chi connectivity index (χ2n) is 6.22. The van der Waals surface area contributed by atoms with Crippen molar-refractivity contribution in [1.82, 2.24) is 9.97 Å². The smallest absolute Gasteiger partial charge is 0.348 e. The molecule has 162 valence electrons. The number of nitrogens with zero attached hydrogens (tertiary/aromatic N) is 3. The highest BCUT2D eigenvalue weighted by Gasteiger charge is 2.43. The molecule has 0 aliphatic heterocycles. The fourth-order valence-corrected chi connectivity index (χ4v) is 3.77. The van der Waals surface area contributed by atoms with E-state index in [9.17, 15) is 25.1 Å². The highest BCUT2D eigenvalue weighted by Crippen LogP contribution is 2.35. The number of halogens is 1. The van der Waals surface area contributed by atoms with Gasteiger partial charge in [0.2, 0.25) is 11.0 Å². The quantitative estimate of drug-likeness (QED) is 0.118. The lowest BCUT2D eigenvalue weighted by Gasteiger charge is -2.18. The molecule has 1 aromatic heterocycles. The molecule has 1 fully saturated rings. The first-order valence-electron chi connectivity index (χ1n) is 9.03. The summed E-state index contributed by atoms with van der Waals surface area (Å²) in [5.41, 5.74) is -0.523. The van der Waals surface area contributed by atoms with Crippen LogP contribution in [0.25, 0.3) is 0 Å². The minimum Gasteiger partial charge on any atom is -0.464 e. The van der Waals surface area contributed by atoms with E-state index < -0.39 is 40.9 Å². The molecular weight excluding hydrogens is 428 g/mol. The molecule has 0 amide bonds. The van der Waals surface area contributed by atoms with Gasteiger partial charge in [-0.15, -0.1) is 0 Å². The van der Waals surface area contributed by atoms with Crippen LogP contribution in [0.2, 0.25) is 5.15 Å². The summed E-state index contributed by atoms with van der Waals surface area (Å²) in [5.74, 6) is -0.0559. The number of hydrogen-bond donors (Lipinski definition) is 3. The summed E-state index contributed by atoms with van der Waals surface area (Å²) >= 11 is 7.26. The Kier molecular flexibility index (Phi) is 8.83. The molecule has 0 unspecified atom stereocenters. The van der Waals surface area contributed by atoms with E-state index in [0.29, 0.717) is 5.75 Å². The Morgan fingerprint density at radius 2 is 2.10 bits per heavy atom. The molecule has 0 spiro atoms. The van der Waals surface area contributed by atoms with Crippen molar-refractivity contribution in [2.45, 2.75) is 56.2 Å². The van der Waals surface area contributed by atoms with Gasteiger partial charge in [-0.25, -0.2) is 9.78 Å². The van der Waals surface area contributed by atoms with Gasteiger partial charge in [0.25, 0.3) is 0 Å². The molecule has 1 aromatic rings. The molecule has 2 rings (SSSR count). The van der Waals surface area contributed by atoms with Gasteiger partial charge in [-0.05, 0) is 19.8 Å². The van der Waals surface area contributed by atoms with E-state index in [1.807, 2.05) is 6.92 Å². The number of ether oxygens (including phenoxy) is 2.